The fourth-order valence-electron chi connectivity index (χ4n) is 3.82. The number of aliphatic imine (C=N–C) groups is 1. The van der Waals surface area contributed by atoms with E-state index in [1.165, 1.54) is 0 Å². The Bertz CT molecular complexity index is 1240. The maximum atomic E-state index is 14.4. The van der Waals surface area contributed by atoms with E-state index in [1.807, 2.05) is 13.0 Å². The molecule has 0 fully saturated rings. The van der Waals surface area contributed by atoms with Crippen LogP contribution in [0.4, 0.5) is 8.78 Å². The first-order valence-electron chi connectivity index (χ1n) is 9.16. The Morgan fingerprint density at radius 1 is 1.13 bits per heavy atom. The van der Waals surface area contributed by atoms with Gasteiger partial charge < -0.3 is 15.2 Å². The van der Waals surface area contributed by atoms with Crippen molar-refractivity contribution in [3.05, 3.63) is 77.9 Å². The van der Waals surface area contributed by atoms with E-state index in [1.54, 1.807) is 24.4 Å². The second kappa shape index (κ2) is 6.35. The summed E-state index contributed by atoms with van der Waals surface area (Å²) in [5.41, 5.74) is 7.61. The minimum absolute atomic E-state index is 0.0200. The summed E-state index contributed by atoms with van der Waals surface area (Å²) in [4.78, 5) is 12.5. The predicted octanol–water partition coefficient (Wildman–Crippen LogP) is 4.15. The third-order valence-corrected chi connectivity index (χ3v) is 5.27. The summed E-state index contributed by atoms with van der Waals surface area (Å²) in [6.45, 7) is 5.89. The van der Waals surface area contributed by atoms with Crippen LogP contribution in [-0.4, -0.2) is 22.6 Å². The van der Waals surface area contributed by atoms with E-state index in [9.17, 15) is 8.78 Å². The lowest BCUT2D eigenvalue weighted by atomic mass is 9.80. The van der Waals surface area contributed by atoms with Crippen molar-refractivity contribution >= 4 is 11.6 Å². The monoisotopic (exact) mass is 406 g/mol. The summed E-state index contributed by atoms with van der Waals surface area (Å²) in [5, 5.41) is 0. The SMILES string of the molecule is C=C(C)c1cc2c(cn1)Oc1ccc(-c3c(F)ccnc3F)cc1[C@@]21COC(N)=N1. The molecule has 2 aromatic heterocycles. The molecule has 8 heteroatoms. The zero-order valence-corrected chi connectivity index (χ0v) is 15.9. The molecule has 0 bridgehead atoms. The fraction of sp³-hybridized carbons (Fsp3) is 0.136. The molecular formula is C22H16F2N4O2. The number of hydrogen-bond acceptors (Lipinski definition) is 6. The van der Waals surface area contributed by atoms with Crippen molar-refractivity contribution in [1.82, 2.24) is 9.97 Å². The summed E-state index contributed by atoms with van der Waals surface area (Å²) >= 11 is 0. The summed E-state index contributed by atoms with van der Waals surface area (Å²) in [6.07, 6.45) is 2.68. The largest absolute Gasteiger partial charge is 0.462 e. The van der Waals surface area contributed by atoms with Crippen molar-refractivity contribution in [2.45, 2.75) is 12.5 Å². The average Bonchev–Trinajstić information content (AvgIpc) is 3.10. The van der Waals surface area contributed by atoms with Crippen LogP contribution in [0.1, 0.15) is 23.7 Å². The van der Waals surface area contributed by atoms with Crippen LogP contribution in [0.25, 0.3) is 16.7 Å². The normalized spacial score (nSPS) is 18.8. The lowest BCUT2D eigenvalue weighted by Crippen LogP contribution is -2.31. The second-order valence-electron chi connectivity index (χ2n) is 7.22. The molecule has 0 radical (unpaired) electrons. The highest BCUT2D eigenvalue weighted by Crippen LogP contribution is 2.51. The van der Waals surface area contributed by atoms with Crippen molar-refractivity contribution in [2.75, 3.05) is 6.61 Å². The minimum atomic E-state index is -1.04. The zero-order valence-electron chi connectivity index (χ0n) is 15.9. The van der Waals surface area contributed by atoms with E-state index in [-0.39, 0.29) is 18.2 Å². The number of allylic oxidation sites excluding steroid dienone is 1. The highest BCUT2D eigenvalue weighted by molar-refractivity contribution is 5.78. The molecule has 150 valence electrons. The van der Waals surface area contributed by atoms with Gasteiger partial charge in [-0.05, 0) is 42.3 Å². The summed E-state index contributed by atoms with van der Waals surface area (Å²) in [7, 11) is 0. The molecule has 2 aliphatic heterocycles. The number of amidine groups is 1. The van der Waals surface area contributed by atoms with Gasteiger partial charge in [-0.3, -0.25) is 4.98 Å². The Kier molecular flexibility index (Phi) is 3.86. The molecule has 4 heterocycles. The first kappa shape index (κ1) is 18.2. The van der Waals surface area contributed by atoms with Gasteiger partial charge in [-0.1, -0.05) is 12.6 Å². The molecule has 0 amide bonds. The number of nitrogens with zero attached hydrogens (tertiary/aromatic N) is 3. The smallest absolute Gasteiger partial charge is 0.283 e. The summed E-state index contributed by atoms with van der Waals surface area (Å²) in [6, 6.07) is 7.79. The number of nitrogens with two attached hydrogens (primary N) is 1. The number of halogens is 2. The summed E-state index contributed by atoms with van der Waals surface area (Å²) in [5.74, 6) is -0.641. The van der Waals surface area contributed by atoms with Crippen LogP contribution >= 0.6 is 0 Å². The van der Waals surface area contributed by atoms with Gasteiger partial charge in [0.25, 0.3) is 6.02 Å². The maximum Gasteiger partial charge on any atom is 0.283 e. The molecule has 6 nitrogen and oxygen atoms in total. The highest BCUT2D eigenvalue weighted by atomic mass is 19.1. The van der Waals surface area contributed by atoms with Gasteiger partial charge in [0.05, 0.1) is 17.5 Å². The third kappa shape index (κ3) is 2.57. The van der Waals surface area contributed by atoms with E-state index >= 15 is 0 Å². The number of benzene rings is 1. The van der Waals surface area contributed by atoms with Gasteiger partial charge in [0.15, 0.2) is 11.3 Å². The molecule has 5 rings (SSSR count). The van der Waals surface area contributed by atoms with Gasteiger partial charge in [0.1, 0.15) is 18.2 Å². The van der Waals surface area contributed by atoms with Gasteiger partial charge in [-0.15, -0.1) is 0 Å². The third-order valence-electron chi connectivity index (χ3n) is 5.27. The van der Waals surface area contributed by atoms with Gasteiger partial charge in [0.2, 0.25) is 5.95 Å². The van der Waals surface area contributed by atoms with Crippen LogP contribution in [-0.2, 0) is 10.3 Å². The molecule has 2 N–H and O–H groups in total. The van der Waals surface area contributed by atoms with E-state index in [0.29, 0.717) is 33.9 Å². The predicted molar refractivity (Wildman–Crippen MR) is 107 cm³/mol. The Morgan fingerprint density at radius 2 is 1.93 bits per heavy atom. The molecule has 1 atom stereocenters. The maximum absolute atomic E-state index is 14.4. The van der Waals surface area contributed by atoms with Crippen LogP contribution in [0.15, 0.2) is 54.3 Å². The Morgan fingerprint density at radius 3 is 2.63 bits per heavy atom. The van der Waals surface area contributed by atoms with Crippen molar-refractivity contribution in [2.24, 2.45) is 10.7 Å². The van der Waals surface area contributed by atoms with Gasteiger partial charge in [-0.25, -0.2) is 14.4 Å². The van der Waals surface area contributed by atoms with Crippen molar-refractivity contribution in [3.8, 4) is 22.6 Å². The molecule has 1 spiro atoms. The molecule has 0 saturated carbocycles. The lowest BCUT2D eigenvalue weighted by Gasteiger charge is -2.33. The molecule has 30 heavy (non-hydrogen) atoms. The van der Waals surface area contributed by atoms with Crippen molar-refractivity contribution in [1.29, 1.82) is 0 Å². The first-order chi connectivity index (χ1) is 14.4. The minimum Gasteiger partial charge on any atom is -0.462 e. The molecule has 0 unspecified atom stereocenters. The van der Waals surface area contributed by atoms with Gasteiger partial charge in [-0.2, -0.15) is 4.39 Å². The summed E-state index contributed by atoms with van der Waals surface area (Å²) < 4.78 is 40.2. The standard InChI is InChI=1S/C22H16F2N4O2/c1-11(2)16-8-14-18(9-27-16)30-17-4-3-12(19-15(23)5-6-26-20(19)24)7-13(17)22(14)10-29-21(25)28-22/h3-9H,1,10H2,2H3,(H2,25,28)/t22-/m0/s1. The fourth-order valence-corrected chi connectivity index (χ4v) is 3.82. The lowest BCUT2D eigenvalue weighted by molar-refractivity contribution is 0.264. The molecule has 2 aliphatic rings. The van der Waals surface area contributed by atoms with Gasteiger partial charge in [0, 0.05) is 17.3 Å². The van der Waals surface area contributed by atoms with E-state index < -0.39 is 17.3 Å². The van der Waals surface area contributed by atoms with E-state index in [0.717, 1.165) is 17.8 Å². The van der Waals surface area contributed by atoms with Gasteiger partial charge >= 0.3 is 0 Å². The Balaban J connectivity index is 1.77. The van der Waals surface area contributed by atoms with Crippen LogP contribution in [0.2, 0.25) is 0 Å². The highest BCUT2D eigenvalue weighted by Gasteiger charge is 2.47. The van der Waals surface area contributed by atoms with Crippen molar-refractivity contribution in [3.63, 3.8) is 0 Å². The van der Waals surface area contributed by atoms with E-state index in [2.05, 4.69) is 21.5 Å². The number of aromatic nitrogens is 2. The number of pyridine rings is 2. The number of fused-ring (bicyclic) bond motifs is 4. The van der Waals surface area contributed by atoms with Crippen LogP contribution in [0.5, 0.6) is 11.5 Å². The quantitative estimate of drug-likeness (QED) is 0.647. The number of hydrogen-bond donors (Lipinski definition) is 1. The zero-order chi connectivity index (χ0) is 21.0. The van der Waals surface area contributed by atoms with Crippen molar-refractivity contribution < 1.29 is 18.3 Å². The molecular weight excluding hydrogens is 390 g/mol. The Labute approximate surface area is 170 Å². The van der Waals surface area contributed by atoms with Crippen LogP contribution in [0, 0.1) is 11.8 Å². The molecule has 0 saturated heterocycles. The average molecular weight is 406 g/mol. The number of rotatable bonds is 2. The topological polar surface area (TPSA) is 82.6 Å². The molecule has 3 aromatic rings. The second-order valence-corrected chi connectivity index (χ2v) is 7.22. The Hall–Kier alpha value is -3.81. The van der Waals surface area contributed by atoms with Crippen LogP contribution in [0.3, 0.4) is 0 Å². The molecule has 1 aromatic carbocycles. The molecule has 0 aliphatic carbocycles. The first-order valence-corrected chi connectivity index (χ1v) is 9.16. The number of ether oxygens (including phenoxy) is 2. The van der Waals surface area contributed by atoms with E-state index in [4.69, 9.17) is 15.2 Å². The van der Waals surface area contributed by atoms with Crippen LogP contribution < -0.4 is 10.5 Å².